The maximum absolute atomic E-state index is 11.0. The third-order valence-corrected chi connectivity index (χ3v) is 5.37. The summed E-state index contributed by atoms with van der Waals surface area (Å²) in [4.78, 5) is 1.52. The van der Waals surface area contributed by atoms with Gasteiger partial charge in [0.1, 0.15) is 22.5 Å². The molecule has 0 saturated carbocycles. The van der Waals surface area contributed by atoms with Crippen LogP contribution in [0.1, 0.15) is 61.8 Å². The molecule has 4 heteroatoms. The van der Waals surface area contributed by atoms with E-state index in [1.54, 1.807) is 0 Å². The van der Waals surface area contributed by atoms with Gasteiger partial charge in [-0.1, -0.05) is 70.2 Å². The van der Waals surface area contributed by atoms with Crippen LogP contribution >= 0.6 is 0 Å². The van der Waals surface area contributed by atoms with Gasteiger partial charge in [0.15, 0.2) is 0 Å². The summed E-state index contributed by atoms with van der Waals surface area (Å²) in [7, 11) is 0. The summed E-state index contributed by atoms with van der Waals surface area (Å²) in [6, 6.07) is 20.3. The Morgan fingerprint density at radius 2 is 1.38 bits per heavy atom. The second-order valence-electron chi connectivity index (χ2n) is 8.26. The predicted octanol–water partition coefficient (Wildman–Crippen LogP) is 5.96. The molecule has 4 rings (SSSR count). The minimum Gasteiger partial charge on any atom is -0.505 e. The first-order chi connectivity index (χ1) is 13.9. The van der Waals surface area contributed by atoms with E-state index in [0.717, 1.165) is 16.6 Å². The maximum atomic E-state index is 11.0. The molecule has 0 atom stereocenters. The number of aromatic nitrogens is 3. The lowest BCUT2D eigenvalue weighted by molar-refractivity contribution is 0.462. The van der Waals surface area contributed by atoms with Crippen LogP contribution in [0.4, 0.5) is 0 Å². The summed E-state index contributed by atoms with van der Waals surface area (Å²) in [5.74, 6) is 1.16. The molecule has 0 aliphatic heterocycles. The summed E-state index contributed by atoms with van der Waals surface area (Å²) in [6.07, 6.45) is 0.667. The second kappa shape index (κ2) is 7.70. The largest absolute Gasteiger partial charge is 0.505 e. The number of phenols is 1. The van der Waals surface area contributed by atoms with Crippen molar-refractivity contribution in [3.05, 3.63) is 82.9 Å². The third-order valence-electron chi connectivity index (χ3n) is 5.37. The van der Waals surface area contributed by atoms with Gasteiger partial charge in [-0.15, -0.1) is 15.0 Å². The van der Waals surface area contributed by atoms with E-state index in [4.69, 9.17) is 0 Å². The molecule has 1 N–H and O–H groups in total. The van der Waals surface area contributed by atoms with Crippen LogP contribution in [-0.2, 0) is 6.42 Å². The number of hydrogen-bond donors (Lipinski definition) is 1. The number of aromatic hydroxyl groups is 1. The van der Waals surface area contributed by atoms with Crippen molar-refractivity contribution in [2.75, 3.05) is 0 Å². The van der Waals surface area contributed by atoms with Crippen molar-refractivity contribution < 1.29 is 5.11 Å². The van der Waals surface area contributed by atoms with Crippen LogP contribution < -0.4 is 0 Å². The summed E-state index contributed by atoms with van der Waals surface area (Å²) in [5, 5.41) is 20.0. The lowest BCUT2D eigenvalue weighted by Gasteiger charge is -2.15. The van der Waals surface area contributed by atoms with E-state index in [2.05, 4.69) is 56.1 Å². The fraction of sp³-hybridized carbons (Fsp3) is 0.280. The molecule has 0 radical (unpaired) electrons. The molecular weight excluding hydrogens is 358 g/mol. The number of nitrogens with zero attached hydrogens (tertiary/aromatic N) is 3. The van der Waals surface area contributed by atoms with E-state index in [9.17, 15) is 5.11 Å². The Morgan fingerprint density at radius 3 is 1.93 bits per heavy atom. The highest BCUT2D eigenvalue weighted by molar-refractivity contribution is 5.73. The molecule has 0 spiro atoms. The van der Waals surface area contributed by atoms with Crippen molar-refractivity contribution in [1.29, 1.82) is 0 Å². The fourth-order valence-corrected chi connectivity index (χ4v) is 3.58. The van der Waals surface area contributed by atoms with Crippen molar-refractivity contribution in [3.63, 3.8) is 0 Å². The van der Waals surface area contributed by atoms with Crippen LogP contribution in [0.15, 0.2) is 60.7 Å². The molecule has 1 aromatic heterocycles. The smallest absolute Gasteiger partial charge is 0.146 e. The topological polar surface area (TPSA) is 50.9 Å². The first-order valence-corrected chi connectivity index (χ1v) is 10.2. The van der Waals surface area contributed by atoms with E-state index >= 15 is 0 Å². The molecule has 0 bridgehead atoms. The van der Waals surface area contributed by atoms with Crippen LogP contribution in [0.2, 0.25) is 0 Å². The minimum absolute atomic E-state index is 0.230. The van der Waals surface area contributed by atoms with E-state index < -0.39 is 0 Å². The van der Waals surface area contributed by atoms with E-state index in [-0.39, 0.29) is 5.75 Å². The fourth-order valence-electron chi connectivity index (χ4n) is 3.58. The zero-order chi connectivity index (χ0) is 20.5. The van der Waals surface area contributed by atoms with Gasteiger partial charge in [0.05, 0.1) is 0 Å². The van der Waals surface area contributed by atoms with Crippen molar-refractivity contribution >= 4 is 11.0 Å². The SMILES string of the molecule is CC(C)c1cc(Cc2cccc(-n3nc4ccccc4n3)c2O)cc(C(C)C)c1. The van der Waals surface area contributed by atoms with Crippen molar-refractivity contribution in [1.82, 2.24) is 15.0 Å². The zero-order valence-corrected chi connectivity index (χ0v) is 17.4. The molecule has 0 aliphatic rings. The molecule has 1 heterocycles. The molecule has 29 heavy (non-hydrogen) atoms. The van der Waals surface area contributed by atoms with Gasteiger partial charge in [0.2, 0.25) is 0 Å². The number of para-hydroxylation sites is 1. The van der Waals surface area contributed by atoms with Gasteiger partial charge in [0.25, 0.3) is 0 Å². The Morgan fingerprint density at radius 1 is 0.793 bits per heavy atom. The first-order valence-electron chi connectivity index (χ1n) is 10.2. The summed E-state index contributed by atoms with van der Waals surface area (Å²) in [5.41, 5.74) is 6.98. The second-order valence-corrected chi connectivity index (χ2v) is 8.26. The molecule has 148 valence electrons. The number of fused-ring (bicyclic) bond motifs is 1. The quantitative estimate of drug-likeness (QED) is 0.461. The highest BCUT2D eigenvalue weighted by Crippen LogP contribution is 2.30. The van der Waals surface area contributed by atoms with Gasteiger partial charge in [-0.3, -0.25) is 0 Å². The summed E-state index contributed by atoms with van der Waals surface area (Å²) >= 11 is 0. The molecule has 3 aromatic carbocycles. The molecule has 4 aromatic rings. The maximum Gasteiger partial charge on any atom is 0.146 e. The van der Waals surface area contributed by atoms with Crippen molar-refractivity contribution in [2.24, 2.45) is 0 Å². The van der Waals surface area contributed by atoms with Crippen LogP contribution in [0.5, 0.6) is 5.75 Å². The standard InChI is InChI=1S/C25H27N3O/c1-16(2)20-13-18(14-21(15-20)17(3)4)12-19-8-7-11-24(25(19)29)28-26-22-9-5-6-10-23(22)27-28/h5-11,13-17,29H,12H2,1-4H3. The molecule has 0 aliphatic carbocycles. The Kier molecular flexibility index (Phi) is 5.10. The van der Waals surface area contributed by atoms with Gasteiger partial charge in [-0.25, -0.2) is 0 Å². The number of phenolic OH excluding ortho intramolecular Hbond substituents is 1. The van der Waals surface area contributed by atoms with Crippen LogP contribution in [0.25, 0.3) is 16.7 Å². The molecule has 0 amide bonds. The molecular formula is C25H27N3O. The molecule has 0 saturated heterocycles. The zero-order valence-electron chi connectivity index (χ0n) is 17.4. The lowest BCUT2D eigenvalue weighted by Crippen LogP contribution is -2.02. The van der Waals surface area contributed by atoms with Crippen LogP contribution in [0, 0.1) is 0 Å². The molecule has 0 unspecified atom stereocenters. The average molecular weight is 386 g/mol. The Labute approximate surface area is 171 Å². The van der Waals surface area contributed by atoms with Gasteiger partial charge in [-0.05, 0) is 46.7 Å². The Bertz CT molecular complexity index is 1100. The van der Waals surface area contributed by atoms with Gasteiger partial charge < -0.3 is 5.11 Å². The van der Waals surface area contributed by atoms with E-state index in [1.807, 2.05) is 42.5 Å². The van der Waals surface area contributed by atoms with Crippen LogP contribution in [0.3, 0.4) is 0 Å². The highest BCUT2D eigenvalue weighted by atomic mass is 16.3. The average Bonchev–Trinajstić information content (AvgIpc) is 3.13. The van der Waals surface area contributed by atoms with Gasteiger partial charge >= 0.3 is 0 Å². The molecule has 4 nitrogen and oxygen atoms in total. The summed E-state index contributed by atoms with van der Waals surface area (Å²) < 4.78 is 0. The predicted molar refractivity (Wildman–Crippen MR) is 118 cm³/mol. The number of rotatable bonds is 5. The monoisotopic (exact) mass is 385 g/mol. The Balaban J connectivity index is 1.73. The van der Waals surface area contributed by atoms with Gasteiger partial charge in [-0.2, -0.15) is 0 Å². The van der Waals surface area contributed by atoms with Crippen molar-refractivity contribution in [3.8, 4) is 11.4 Å². The van der Waals surface area contributed by atoms with E-state index in [0.29, 0.717) is 23.9 Å². The minimum atomic E-state index is 0.230. The van der Waals surface area contributed by atoms with E-state index in [1.165, 1.54) is 21.5 Å². The summed E-state index contributed by atoms with van der Waals surface area (Å²) in [6.45, 7) is 8.87. The normalized spacial score (nSPS) is 11.7. The highest BCUT2D eigenvalue weighted by Gasteiger charge is 2.14. The van der Waals surface area contributed by atoms with Crippen molar-refractivity contribution in [2.45, 2.75) is 46.0 Å². The number of benzene rings is 3. The van der Waals surface area contributed by atoms with Gasteiger partial charge in [0, 0.05) is 12.0 Å². The lowest BCUT2D eigenvalue weighted by atomic mass is 9.91. The first kappa shape index (κ1) is 19.2. The van der Waals surface area contributed by atoms with Crippen LogP contribution in [-0.4, -0.2) is 20.1 Å². The Hall–Kier alpha value is -3.14. The third kappa shape index (κ3) is 3.88. The molecule has 0 fully saturated rings. The number of hydrogen-bond acceptors (Lipinski definition) is 3.